The Morgan fingerprint density at radius 2 is 1.87 bits per heavy atom. The van der Waals surface area contributed by atoms with Gasteiger partial charge in [-0.15, -0.1) is 0 Å². The van der Waals surface area contributed by atoms with E-state index in [1.807, 2.05) is 6.92 Å². The Hall–Kier alpha value is -1.74. The highest BCUT2D eigenvalue weighted by molar-refractivity contribution is 7.89. The lowest BCUT2D eigenvalue weighted by atomic mass is 9.92. The quantitative estimate of drug-likeness (QED) is 0.734. The number of aliphatic hydroxyl groups is 1. The Bertz CT molecular complexity index is 784. The summed E-state index contributed by atoms with van der Waals surface area (Å²) in [6.07, 6.45) is -1.52. The van der Waals surface area contributed by atoms with Crippen LogP contribution in [0.3, 0.4) is 0 Å². The molecule has 0 fully saturated rings. The lowest BCUT2D eigenvalue weighted by molar-refractivity contribution is -0.148. The van der Waals surface area contributed by atoms with Crippen LogP contribution in [0.1, 0.15) is 24.2 Å². The second-order valence-electron chi connectivity index (χ2n) is 5.39. The Balaban J connectivity index is 2.39. The Kier molecular flexibility index (Phi) is 4.90. The van der Waals surface area contributed by atoms with Gasteiger partial charge in [0.25, 0.3) is 0 Å². The average molecular weight is 355 g/mol. The van der Waals surface area contributed by atoms with Crippen molar-refractivity contribution in [2.45, 2.75) is 30.4 Å². The van der Waals surface area contributed by atoms with Crippen LogP contribution in [0.4, 0.5) is 0 Å². The first-order chi connectivity index (χ1) is 10.7. The number of carboxylic acid groups (broad SMARTS) is 1. The van der Waals surface area contributed by atoms with Gasteiger partial charge >= 0.3 is 5.97 Å². The number of hydrogen-bond donors (Lipinski definition) is 3. The molecular weight excluding hydrogens is 338 g/mol. The van der Waals surface area contributed by atoms with Gasteiger partial charge in [-0.25, -0.2) is 8.42 Å². The number of carboxylic acids is 1. The van der Waals surface area contributed by atoms with Crippen LogP contribution in [-0.4, -0.2) is 30.1 Å². The molecule has 0 aliphatic rings. The van der Waals surface area contributed by atoms with E-state index in [1.54, 1.807) is 29.0 Å². The van der Waals surface area contributed by atoms with E-state index in [1.165, 1.54) is 23.5 Å². The van der Waals surface area contributed by atoms with Crippen LogP contribution in [0.25, 0.3) is 0 Å². The van der Waals surface area contributed by atoms with Gasteiger partial charge in [0.1, 0.15) is 6.10 Å². The predicted octanol–water partition coefficient (Wildman–Crippen LogP) is 1.91. The van der Waals surface area contributed by atoms with E-state index >= 15 is 0 Å². The SMILES string of the molecule is Cc1ccc(S(=O)(=O)NC(C)(C(=O)O)C(O)c2ccsc2)cc1. The van der Waals surface area contributed by atoms with Crippen molar-refractivity contribution in [1.29, 1.82) is 0 Å². The van der Waals surface area contributed by atoms with Gasteiger partial charge in [0.2, 0.25) is 10.0 Å². The Labute approximate surface area is 138 Å². The largest absolute Gasteiger partial charge is 0.480 e. The van der Waals surface area contributed by atoms with Crippen LogP contribution in [-0.2, 0) is 14.8 Å². The highest BCUT2D eigenvalue weighted by Crippen LogP contribution is 2.29. The molecule has 23 heavy (non-hydrogen) atoms. The summed E-state index contributed by atoms with van der Waals surface area (Å²) in [7, 11) is -4.10. The van der Waals surface area contributed by atoms with Gasteiger partial charge in [0, 0.05) is 0 Å². The van der Waals surface area contributed by atoms with E-state index in [-0.39, 0.29) is 4.90 Å². The maximum absolute atomic E-state index is 12.5. The molecule has 0 bridgehead atoms. The summed E-state index contributed by atoms with van der Waals surface area (Å²) >= 11 is 1.28. The van der Waals surface area contributed by atoms with Crippen LogP contribution in [0.5, 0.6) is 0 Å². The smallest absolute Gasteiger partial charge is 0.327 e. The van der Waals surface area contributed by atoms with E-state index in [9.17, 15) is 23.4 Å². The minimum absolute atomic E-state index is 0.0620. The van der Waals surface area contributed by atoms with Crippen LogP contribution in [0, 0.1) is 6.92 Å². The van der Waals surface area contributed by atoms with Crippen molar-refractivity contribution in [2.24, 2.45) is 0 Å². The summed E-state index contributed by atoms with van der Waals surface area (Å²) in [6, 6.07) is 7.55. The van der Waals surface area contributed by atoms with E-state index in [0.29, 0.717) is 5.56 Å². The first-order valence-electron chi connectivity index (χ1n) is 6.71. The number of hydrogen-bond acceptors (Lipinski definition) is 5. The minimum Gasteiger partial charge on any atom is -0.480 e. The van der Waals surface area contributed by atoms with Crippen LogP contribution >= 0.6 is 11.3 Å². The molecule has 124 valence electrons. The molecule has 0 saturated carbocycles. The number of carbonyl (C=O) groups is 1. The summed E-state index contributed by atoms with van der Waals surface area (Å²) in [5.74, 6) is -1.47. The molecule has 0 radical (unpaired) electrons. The van der Waals surface area contributed by atoms with Gasteiger partial charge in [-0.2, -0.15) is 16.1 Å². The van der Waals surface area contributed by atoms with E-state index < -0.39 is 27.6 Å². The third kappa shape index (κ3) is 3.61. The fraction of sp³-hybridized carbons (Fsp3) is 0.267. The zero-order valence-electron chi connectivity index (χ0n) is 12.6. The third-order valence-electron chi connectivity index (χ3n) is 3.53. The fourth-order valence-electron chi connectivity index (χ4n) is 2.04. The molecule has 2 unspecified atom stereocenters. The van der Waals surface area contributed by atoms with Crippen molar-refractivity contribution in [3.05, 3.63) is 52.2 Å². The molecule has 8 heteroatoms. The van der Waals surface area contributed by atoms with Gasteiger partial charge in [-0.3, -0.25) is 4.79 Å². The molecule has 1 heterocycles. The molecule has 0 aliphatic carbocycles. The van der Waals surface area contributed by atoms with Crippen molar-refractivity contribution in [3.63, 3.8) is 0 Å². The second-order valence-corrected chi connectivity index (χ2v) is 7.85. The molecule has 2 atom stereocenters. The van der Waals surface area contributed by atoms with E-state index in [4.69, 9.17) is 0 Å². The van der Waals surface area contributed by atoms with Gasteiger partial charge in [0.15, 0.2) is 5.54 Å². The number of aliphatic hydroxyl groups excluding tert-OH is 1. The lowest BCUT2D eigenvalue weighted by Crippen LogP contribution is -2.56. The highest BCUT2D eigenvalue weighted by Gasteiger charge is 2.45. The molecule has 1 aromatic carbocycles. The maximum Gasteiger partial charge on any atom is 0.327 e. The minimum atomic E-state index is -4.10. The lowest BCUT2D eigenvalue weighted by Gasteiger charge is -2.30. The summed E-state index contributed by atoms with van der Waals surface area (Å²) < 4.78 is 27.0. The van der Waals surface area contributed by atoms with Gasteiger partial charge in [0.05, 0.1) is 4.90 Å². The predicted molar refractivity (Wildman–Crippen MR) is 86.8 cm³/mol. The number of aryl methyl sites for hydroxylation is 1. The normalized spacial score (nSPS) is 15.8. The molecule has 1 aromatic heterocycles. The molecule has 0 saturated heterocycles. The zero-order chi connectivity index (χ0) is 17.3. The van der Waals surface area contributed by atoms with Crippen LogP contribution in [0.15, 0.2) is 46.0 Å². The zero-order valence-corrected chi connectivity index (χ0v) is 14.2. The highest BCUT2D eigenvalue weighted by atomic mass is 32.2. The second kappa shape index (κ2) is 6.40. The van der Waals surface area contributed by atoms with Crippen LogP contribution < -0.4 is 4.72 Å². The molecule has 2 aromatic rings. The topological polar surface area (TPSA) is 104 Å². The van der Waals surface area contributed by atoms with Crippen molar-refractivity contribution >= 4 is 27.3 Å². The van der Waals surface area contributed by atoms with Crippen molar-refractivity contribution in [3.8, 4) is 0 Å². The van der Waals surface area contributed by atoms with E-state index in [0.717, 1.165) is 12.5 Å². The maximum atomic E-state index is 12.5. The molecule has 0 aliphatic heterocycles. The number of nitrogens with one attached hydrogen (secondary N) is 1. The summed E-state index contributed by atoms with van der Waals surface area (Å²) in [4.78, 5) is 11.6. The Morgan fingerprint density at radius 1 is 1.26 bits per heavy atom. The number of thiophene rings is 1. The van der Waals surface area contributed by atoms with Gasteiger partial charge < -0.3 is 10.2 Å². The summed E-state index contributed by atoms with van der Waals surface area (Å²) in [6.45, 7) is 2.95. The third-order valence-corrected chi connectivity index (χ3v) is 5.81. The molecule has 3 N–H and O–H groups in total. The number of benzene rings is 1. The monoisotopic (exact) mass is 355 g/mol. The Morgan fingerprint density at radius 3 is 2.35 bits per heavy atom. The van der Waals surface area contributed by atoms with E-state index in [2.05, 4.69) is 4.72 Å². The van der Waals surface area contributed by atoms with Crippen LogP contribution in [0.2, 0.25) is 0 Å². The number of sulfonamides is 1. The first-order valence-corrected chi connectivity index (χ1v) is 9.13. The summed E-state index contributed by atoms with van der Waals surface area (Å²) in [5.41, 5.74) is -0.875. The van der Waals surface area contributed by atoms with Crippen molar-refractivity contribution in [2.75, 3.05) is 0 Å². The van der Waals surface area contributed by atoms with Crippen molar-refractivity contribution in [1.82, 2.24) is 4.72 Å². The van der Waals surface area contributed by atoms with Crippen molar-refractivity contribution < 1.29 is 23.4 Å². The average Bonchev–Trinajstić information content (AvgIpc) is 3.00. The first kappa shape index (κ1) is 17.6. The molecule has 2 rings (SSSR count). The summed E-state index contributed by atoms with van der Waals surface area (Å²) in [5, 5.41) is 23.1. The number of aliphatic carboxylic acids is 1. The molecular formula is C15H17NO5S2. The van der Waals surface area contributed by atoms with Gasteiger partial charge in [-0.1, -0.05) is 17.7 Å². The molecule has 6 nitrogen and oxygen atoms in total. The van der Waals surface area contributed by atoms with Gasteiger partial charge in [-0.05, 0) is 48.4 Å². The number of rotatable bonds is 6. The molecule has 0 spiro atoms. The standard InChI is InChI=1S/C15H17NO5S2/c1-10-3-5-12(6-4-10)23(20,21)16-15(2,14(18)19)13(17)11-7-8-22-9-11/h3-9,13,16-17H,1-2H3,(H,18,19). The fourth-order valence-corrected chi connectivity index (χ4v) is 4.08. The molecule has 0 amide bonds.